The molecular formula is C25H34N6O3. The lowest BCUT2D eigenvalue weighted by atomic mass is 9.91. The van der Waals surface area contributed by atoms with Gasteiger partial charge >= 0.3 is 0 Å². The van der Waals surface area contributed by atoms with Crippen molar-refractivity contribution in [2.24, 2.45) is 11.5 Å². The molecule has 0 spiro atoms. The minimum absolute atomic E-state index is 0.0467. The van der Waals surface area contributed by atoms with Gasteiger partial charge in [-0.3, -0.25) is 9.20 Å². The highest BCUT2D eigenvalue weighted by molar-refractivity contribution is 6.00. The van der Waals surface area contributed by atoms with E-state index in [1.165, 1.54) is 0 Å². The van der Waals surface area contributed by atoms with Crippen molar-refractivity contribution in [1.82, 2.24) is 14.4 Å². The van der Waals surface area contributed by atoms with Crippen molar-refractivity contribution < 1.29 is 14.3 Å². The molecule has 4 rings (SSSR count). The highest BCUT2D eigenvalue weighted by atomic mass is 16.5. The molecule has 2 heterocycles. The number of nitrogens with two attached hydrogens (primary N) is 2. The van der Waals surface area contributed by atoms with Crippen LogP contribution < -0.4 is 26.3 Å². The predicted octanol–water partition coefficient (Wildman–Crippen LogP) is 3.24. The number of carbonyl (C=O) groups is 1. The monoisotopic (exact) mass is 466 g/mol. The molecular weight excluding hydrogens is 432 g/mol. The van der Waals surface area contributed by atoms with Crippen molar-refractivity contribution in [3.05, 3.63) is 46.9 Å². The highest BCUT2D eigenvalue weighted by Crippen LogP contribution is 2.37. The van der Waals surface area contributed by atoms with Crippen LogP contribution in [0.15, 0.2) is 24.5 Å². The summed E-state index contributed by atoms with van der Waals surface area (Å²) >= 11 is 0. The van der Waals surface area contributed by atoms with Crippen LogP contribution in [0.5, 0.6) is 11.5 Å². The Morgan fingerprint density at radius 1 is 1.21 bits per heavy atom. The Morgan fingerprint density at radius 3 is 2.47 bits per heavy atom. The number of methoxy groups -OCH3 is 2. The highest BCUT2D eigenvalue weighted by Gasteiger charge is 2.26. The average Bonchev–Trinajstić information content (AvgIpc) is 3.29. The van der Waals surface area contributed by atoms with Gasteiger partial charge in [-0.2, -0.15) is 0 Å². The van der Waals surface area contributed by atoms with Gasteiger partial charge in [0.25, 0.3) is 5.91 Å². The Kier molecular flexibility index (Phi) is 6.92. The van der Waals surface area contributed by atoms with E-state index in [4.69, 9.17) is 25.9 Å². The van der Waals surface area contributed by atoms with E-state index in [0.29, 0.717) is 29.3 Å². The van der Waals surface area contributed by atoms with E-state index in [-0.39, 0.29) is 18.0 Å². The summed E-state index contributed by atoms with van der Waals surface area (Å²) in [5.41, 5.74) is 15.4. The van der Waals surface area contributed by atoms with Crippen molar-refractivity contribution in [3.8, 4) is 11.5 Å². The van der Waals surface area contributed by atoms with Gasteiger partial charge in [0.15, 0.2) is 5.65 Å². The van der Waals surface area contributed by atoms with Gasteiger partial charge in [0.2, 0.25) is 5.95 Å². The lowest BCUT2D eigenvalue weighted by Gasteiger charge is -2.30. The number of nitrogens with one attached hydrogen (secondary N) is 1. The summed E-state index contributed by atoms with van der Waals surface area (Å²) in [6.07, 6.45) is 7.97. The van der Waals surface area contributed by atoms with Gasteiger partial charge < -0.3 is 26.3 Å². The summed E-state index contributed by atoms with van der Waals surface area (Å²) in [6, 6.07) is 4.07. The minimum Gasteiger partial charge on any atom is -0.496 e. The second kappa shape index (κ2) is 9.89. The lowest BCUT2D eigenvalue weighted by Crippen LogP contribution is -2.43. The first-order valence-corrected chi connectivity index (χ1v) is 11.8. The molecule has 182 valence electrons. The Labute approximate surface area is 199 Å². The predicted molar refractivity (Wildman–Crippen MR) is 132 cm³/mol. The van der Waals surface area contributed by atoms with Crippen LogP contribution in [0.25, 0.3) is 5.65 Å². The summed E-state index contributed by atoms with van der Waals surface area (Å²) in [5, 5.41) is 3.51. The molecule has 0 bridgehead atoms. The van der Waals surface area contributed by atoms with Crippen LogP contribution in [0.4, 0.5) is 5.95 Å². The van der Waals surface area contributed by atoms with Crippen molar-refractivity contribution in [2.75, 3.05) is 19.5 Å². The summed E-state index contributed by atoms with van der Waals surface area (Å²) in [6.45, 7) is 4.18. The van der Waals surface area contributed by atoms with Gasteiger partial charge in [0, 0.05) is 36.5 Å². The Balaban J connectivity index is 1.80. The van der Waals surface area contributed by atoms with E-state index in [9.17, 15) is 4.79 Å². The van der Waals surface area contributed by atoms with Crippen molar-refractivity contribution >= 4 is 17.5 Å². The van der Waals surface area contributed by atoms with Crippen molar-refractivity contribution in [1.29, 1.82) is 0 Å². The second-order valence-electron chi connectivity index (χ2n) is 9.19. The van der Waals surface area contributed by atoms with Crippen LogP contribution in [0.2, 0.25) is 0 Å². The van der Waals surface area contributed by atoms with E-state index in [1.807, 2.05) is 12.1 Å². The molecule has 5 N–H and O–H groups in total. The van der Waals surface area contributed by atoms with Gasteiger partial charge in [0.05, 0.1) is 19.9 Å². The summed E-state index contributed by atoms with van der Waals surface area (Å²) in [5.74, 6) is 1.72. The molecule has 3 aromatic rings. The van der Waals surface area contributed by atoms with Crippen LogP contribution in [0.1, 0.15) is 72.6 Å². The number of aromatic nitrogens is 3. The number of carbonyl (C=O) groups excluding carboxylic acids is 1. The number of benzene rings is 1. The molecule has 1 aliphatic carbocycles. The van der Waals surface area contributed by atoms with E-state index in [0.717, 1.165) is 48.3 Å². The normalized spacial score (nSPS) is 18.3. The zero-order valence-corrected chi connectivity index (χ0v) is 20.3. The maximum Gasteiger partial charge on any atom is 0.254 e. The fraction of sp³-hybridized carbons (Fsp3) is 0.480. The number of imidazole rings is 1. The SMILES string of the molecule is COc1cc(Cc2nc(N[C@H]3CCCC[C@H]3N)n3ccnc3c2C(N)=O)cc(OC)c1C(C)C. The number of hydrogen-bond donors (Lipinski definition) is 3. The Bertz CT molecular complexity index is 1160. The van der Waals surface area contributed by atoms with Gasteiger partial charge in [0.1, 0.15) is 17.1 Å². The zero-order valence-electron chi connectivity index (χ0n) is 20.3. The smallest absolute Gasteiger partial charge is 0.254 e. The molecule has 1 aromatic carbocycles. The van der Waals surface area contributed by atoms with E-state index in [2.05, 4.69) is 24.1 Å². The maximum absolute atomic E-state index is 12.5. The molecule has 0 saturated heterocycles. The Morgan fingerprint density at radius 2 is 1.88 bits per heavy atom. The molecule has 0 aliphatic heterocycles. The number of amides is 1. The molecule has 34 heavy (non-hydrogen) atoms. The molecule has 0 unspecified atom stereocenters. The van der Waals surface area contributed by atoms with Gasteiger partial charge in [-0.1, -0.05) is 26.7 Å². The third-order valence-electron chi connectivity index (χ3n) is 6.55. The molecule has 1 amide bonds. The molecule has 2 atom stereocenters. The second-order valence-corrected chi connectivity index (χ2v) is 9.19. The first-order valence-electron chi connectivity index (χ1n) is 11.8. The number of ether oxygens (including phenoxy) is 2. The number of nitrogens with zero attached hydrogens (tertiary/aromatic N) is 3. The van der Waals surface area contributed by atoms with Crippen molar-refractivity contribution in [3.63, 3.8) is 0 Å². The lowest BCUT2D eigenvalue weighted by molar-refractivity contribution is 0.1000. The number of primary amides is 1. The molecule has 9 heteroatoms. The number of fused-ring (bicyclic) bond motifs is 1. The molecule has 0 radical (unpaired) electrons. The average molecular weight is 467 g/mol. The van der Waals surface area contributed by atoms with Gasteiger partial charge in [-0.15, -0.1) is 0 Å². The minimum atomic E-state index is -0.572. The third kappa shape index (κ3) is 4.52. The van der Waals surface area contributed by atoms with Crippen LogP contribution in [-0.2, 0) is 6.42 Å². The summed E-state index contributed by atoms with van der Waals surface area (Å²) < 4.78 is 13.1. The first-order chi connectivity index (χ1) is 16.3. The summed E-state index contributed by atoms with van der Waals surface area (Å²) in [4.78, 5) is 21.8. The number of hydrogen-bond acceptors (Lipinski definition) is 7. The van der Waals surface area contributed by atoms with Crippen LogP contribution in [0.3, 0.4) is 0 Å². The fourth-order valence-corrected chi connectivity index (χ4v) is 4.87. The number of rotatable bonds is 8. The molecule has 2 aromatic heterocycles. The molecule has 1 saturated carbocycles. The topological polar surface area (TPSA) is 130 Å². The standard InChI is InChI=1S/C25H34N6O3/c1-14(2)21-19(33-3)12-15(13-20(21)34-4)11-18-22(23(27)32)24-28-9-10-31(24)25(30-18)29-17-8-6-5-7-16(17)26/h9-10,12-14,16-17H,5-8,11,26H2,1-4H3,(H2,27,32)(H,29,30)/t16-,17+/m1/s1. The van der Waals surface area contributed by atoms with Crippen LogP contribution in [-0.4, -0.2) is 46.6 Å². The largest absolute Gasteiger partial charge is 0.496 e. The van der Waals surface area contributed by atoms with E-state index >= 15 is 0 Å². The Hall–Kier alpha value is -3.33. The van der Waals surface area contributed by atoms with Gasteiger partial charge in [-0.25, -0.2) is 9.97 Å². The van der Waals surface area contributed by atoms with E-state index in [1.54, 1.807) is 31.0 Å². The van der Waals surface area contributed by atoms with Crippen LogP contribution in [0, 0.1) is 0 Å². The maximum atomic E-state index is 12.5. The molecule has 9 nitrogen and oxygen atoms in total. The third-order valence-corrected chi connectivity index (χ3v) is 6.55. The first kappa shape index (κ1) is 23.8. The van der Waals surface area contributed by atoms with E-state index < -0.39 is 5.91 Å². The fourth-order valence-electron chi connectivity index (χ4n) is 4.87. The number of anilines is 1. The van der Waals surface area contributed by atoms with Crippen LogP contribution >= 0.6 is 0 Å². The van der Waals surface area contributed by atoms with Crippen molar-refractivity contribution in [2.45, 2.75) is 64.0 Å². The molecule has 1 fully saturated rings. The van der Waals surface area contributed by atoms with Gasteiger partial charge in [-0.05, 0) is 36.5 Å². The zero-order chi connectivity index (χ0) is 24.4. The summed E-state index contributed by atoms with van der Waals surface area (Å²) in [7, 11) is 3.28. The molecule has 1 aliphatic rings. The quantitative estimate of drug-likeness (QED) is 0.465.